The first-order valence-electron chi connectivity index (χ1n) is 7.20. The van der Waals surface area contributed by atoms with Crippen LogP contribution in [-0.2, 0) is 16.4 Å². The Kier molecular flexibility index (Phi) is 5.32. The summed E-state index contributed by atoms with van der Waals surface area (Å²) in [6.07, 6.45) is 1.52. The lowest BCUT2D eigenvalue weighted by molar-refractivity contribution is 0.577. The van der Waals surface area contributed by atoms with Crippen LogP contribution >= 0.6 is 0 Å². The molecular formula is C17H20FNO2S. The van der Waals surface area contributed by atoms with Crippen molar-refractivity contribution in [3.8, 4) is 0 Å². The number of benzene rings is 2. The first-order valence-corrected chi connectivity index (χ1v) is 8.68. The van der Waals surface area contributed by atoms with E-state index in [1.165, 1.54) is 23.3 Å². The third-order valence-electron chi connectivity index (χ3n) is 3.44. The summed E-state index contributed by atoms with van der Waals surface area (Å²) in [5.41, 5.74) is 2.79. The number of nitrogens with one attached hydrogen (secondary N) is 1. The summed E-state index contributed by atoms with van der Waals surface area (Å²) >= 11 is 0. The molecule has 0 aliphatic rings. The lowest BCUT2D eigenvalue weighted by Gasteiger charge is -2.09. The second kappa shape index (κ2) is 7.03. The third kappa shape index (κ3) is 4.39. The average Bonchev–Trinajstić information content (AvgIpc) is 2.43. The van der Waals surface area contributed by atoms with Crippen LogP contribution in [0.25, 0.3) is 0 Å². The molecule has 1 N–H and O–H groups in total. The van der Waals surface area contributed by atoms with Crippen molar-refractivity contribution in [2.24, 2.45) is 0 Å². The highest BCUT2D eigenvalue weighted by molar-refractivity contribution is 7.89. The summed E-state index contributed by atoms with van der Waals surface area (Å²) in [6.45, 7) is 3.97. The summed E-state index contributed by atoms with van der Waals surface area (Å²) in [5.74, 6) is -0.434. The molecule has 0 aromatic heterocycles. The Labute approximate surface area is 131 Å². The van der Waals surface area contributed by atoms with Gasteiger partial charge in [-0.2, -0.15) is 0 Å². The van der Waals surface area contributed by atoms with Crippen molar-refractivity contribution in [2.45, 2.75) is 31.6 Å². The van der Waals surface area contributed by atoms with Gasteiger partial charge < -0.3 is 0 Å². The molecule has 22 heavy (non-hydrogen) atoms. The monoisotopic (exact) mass is 321 g/mol. The quantitative estimate of drug-likeness (QED) is 0.829. The molecule has 0 saturated carbocycles. The molecule has 3 nitrogen and oxygen atoms in total. The minimum atomic E-state index is -3.59. The van der Waals surface area contributed by atoms with Crippen LogP contribution in [0, 0.1) is 19.7 Å². The molecule has 2 aromatic rings. The van der Waals surface area contributed by atoms with Gasteiger partial charge in [0.25, 0.3) is 0 Å². The maximum absolute atomic E-state index is 13.0. The Bertz CT molecular complexity index is 757. The van der Waals surface area contributed by atoms with Crippen LogP contribution in [0.5, 0.6) is 0 Å². The molecule has 2 aromatic carbocycles. The van der Waals surface area contributed by atoms with Gasteiger partial charge in [0.15, 0.2) is 0 Å². The SMILES string of the molecule is Cc1cccc(CCCNS(=O)(=O)c2ccc(F)cc2C)c1. The van der Waals surface area contributed by atoms with Gasteiger partial charge in [-0.25, -0.2) is 17.5 Å². The molecule has 0 amide bonds. The van der Waals surface area contributed by atoms with E-state index in [0.717, 1.165) is 12.5 Å². The molecule has 0 radical (unpaired) electrons. The Morgan fingerprint density at radius 3 is 2.55 bits per heavy atom. The number of hydrogen-bond acceptors (Lipinski definition) is 2. The second-order valence-electron chi connectivity index (χ2n) is 5.40. The van der Waals surface area contributed by atoms with E-state index < -0.39 is 15.8 Å². The molecule has 5 heteroatoms. The van der Waals surface area contributed by atoms with Crippen LogP contribution in [0.1, 0.15) is 23.1 Å². The van der Waals surface area contributed by atoms with Gasteiger partial charge in [0.2, 0.25) is 10.0 Å². The smallest absolute Gasteiger partial charge is 0.211 e. The highest BCUT2D eigenvalue weighted by Gasteiger charge is 2.16. The molecule has 0 fully saturated rings. The van der Waals surface area contributed by atoms with Crippen LogP contribution in [0.4, 0.5) is 4.39 Å². The molecule has 0 unspecified atom stereocenters. The van der Waals surface area contributed by atoms with E-state index >= 15 is 0 Å². The van der Waals surface area contributed by atoms with Crippen LogP contribution in [0.3, 0.4) is 0 Å². The van der Waals surface area contributed by atoms with Gasteiger partial charge >= 0.3 is 0 Å². The van der Waals surface area contributed by atoms with E-state index in [9.17, 15) is 12.8 Å². The van der Waals surface area contributed by atoms with Crippen LogP contribution in [0.2, 0.25) is 0 Å². The second-order valence-corrected chi connectivity index (χ2v) is 7.14. The number of sulfonamides is 1. The minimum absolute atomic E-state index is 0.129. The highest BCUT2D eigenvalue weighted by Crippen LogP contribution is 2.16. The lowest BCUT2D eigenvalue weighted by Crippen LogP contribution is -2.25. The van der Waals surface area contributed by atoms with E-state index in [0.29, 0.717) is 18.5 Å². The Balaban J connectivity index is 1.93. The van der Waals surface area contributed by atoms with Gasteiger partial charge in [0.1, 0.15) is 5.82 Å². The molecule has 0 aliphatic heterocycles. The molecule has 118 valence electrons. The number of aryl methyl sites for hydroxylation is 3. The predicted molar refractivity (Wildman–Crippen MR) is 85.8 cm³/mol. The van der Waals surface area contributed by atoms with Crippen LogP contribution < -0.4 is 4.72 Å². The van der Waals surface area contributed by atoms with Gasteiger partial charge in [-0.05, 0) is 56.0 Å². The fraction of sp³-hybridized carbons (Fsp3) is 0.294. The normalized spacial score (nSPS) is 11.6. The fourth-order valence-corrected chi connectivity index (χ4v) is 3.66. The Morgan fingerprint density at radius 1 is 1.09 bits per heavy atom. The van der Waals surface area contributed by atoms with Gasteiger partial charge in [-0.15, -0.1) is 0 Å². The van der Waals surface area contributed by atoms with Crippen molar-refractivity contribution in [1.82, 2.24) is 4.72 Å². The number of rotatable bonds is 6. The lowest BCUT2D eigenvalue weighted by atomic mass is 10.1. The van der Waals surface area contributed by atoms with Gasteiger partial charge in [0.05, 0.1) is 4.90 Å². The maximum atomic E-state index is 13.0. The fourth-order valence-electron chi connectivity index (χ4n) is 2.36. The predicted octanol–water partition coefficient (Wildman–Crippen LogP) is 3.35. The van der Waals surface area contributed by atoms with Gasteiger partial charge in [-0.1, -0.05) is 29.8 Å². The summed E-state index contributed by atoms with van der Waals surface area (Å²) < 4.78 is 40.0. The van der Waals surface area contributed by atoms with E-state index in [4.69, 9.17) is 0 Å². The van der Waals surface area contributed by atoms with E-state index in [-0.39, 0.29) is 4.90 Å². The van der Waals surface area contributed by atoms with Crippen molar-refractivity contribution >= 4 is 10.0 Å². The van der Waals surface area contributed by atoms with Crippen molar-refractivity contribution in [1.29, 1.82) is 0 Å². The molecule has 0 saturated heterocycles. The Morgan fingerprint density at radius 2 is 1.86 bits per heavy atom. The van der Waals surface area contributed by atoms with Crippen molar-refractivity contribution in [3.05, 3.63) is 65.0 Å². The third-order valence-corrected chi connectivity index (χ3v) is 5.06. The van der Waals surface area contributed by atoms with Crippen molar-refractivity contribution in [2.75, 3.05) is 6.54 Å². The van der Waals surface area contributed by atoms with E-state index in [2.05, 4.69) is 10.8 Å². The molecule has 0 bridgehead atoms. The topological polar surface area (TPSA) is 46.2 Å². The molecular weight excluding hydrogens is 301 g/mol. The zero-order valence-electron chi connectivity index (χ0n) is 12.8. The summed E-state index contributed by atoms with van der Waals surface area (Å²) in [5, 5.41) is 0. The van der Waals surface area contributed by atoms with E-state index in [1.54, 1.807) is 6.92 Å². The molecule has 0 aliphatic carbocycles. The number of halogens is 1. The van der Waals surface area contributed by atoms with E-state index in [1.807, 2.05) is 25.1 Å². The molecule has 0 spiro atoms. The van der Waals surface area contributed by atoms with Crippen LogP contribution in [0.15, 0.2) is 47.4 Å². The average molecular weight is 321 g/mol. The Hall–Kier alpha value is -1.72. The van der Waals surface area contributed by atoms with Gasteiger partial charge in [0, 0.05) is 6.54 Å². The number of hydrogen-bond donors (Lipinski definition) is 1. The van der Waals surface area contributed by atoms with Gasteiger partial charge in [-0.3, -0.25) is 0 Å². The zero-order valence-corrected chi connectivity index (χ0v) is 13.6. The van der Waals surface area contributed by atoms with Crippen molar-refractivity contribution < 1.29 is 12.8 Å². The maximum Gasteiger partial charge on any atom is 0.240 e. The largest absolute Gasteiger partial charge is 0.240 e. The standard InChI is InChI=1S/C17H20FNO2S/c1-13-5-3-6-15(11-13)7-4-10-19-22(20,21)17-9-8-16(18)12-14(17)2/h3,5-6,8-9,11-12,19H,4,7,10H2,1-2H3. The molecule has 0 atom stereocenters. The zero-order chi connectivity index (χ0) is 16.2. The first kappa shape index (κ1) is 16.6. The molecule has 2 rings (SSSR count). The summed E-state index contributed by atoms with van der Waals surface area (Å²) in [4.78, 5) is 0.129. The van der Waals surface area contributed by atoms with Crippen molar-refractivity contribution in [3.63, 3.8) is 0 Å². The minimum Gasteiger partial charge on any atom is -0.211 e. The summed E-state index contributed by atoms with van der Waals surface area (Å²) in [6, 6.07) is 11.8. The van der Waals surface area contributed by atoms with Crippen LogP contribution in [-0.4, -0.2) is 15.0 Å². The first-order chi connectivity index (χ1) is 10.4. The highest BCUT2D eigenvalue weighted by atomic mass is 32.2. The summed E-state index contributed by atoms with van der Waals surface area (Å²) in [7, 11) is -3.59. The molecule has 0 heterocycles.